The first-order valence-corrected chi connectivity index (χ1v) is 10.3. The highest BCUT2D eigenvalue weighted by atomic mass is 16.3. The van der Waals surface area contributed by atoms with Gasteiger partial charge in [0.1, 0.15) is 5.82 Å². The lowest BCUT2D eigenvalue weighted by atomic mass is 10.0. The monoisotopic (exact) mass is 388 g/mol. The van der Waals surface area contributed by atoms with Gasteiger partial charge in [-0.2, -0.15) is 0 Å². The van der Waals surface area contributed by atoms with Gasteiger partial charge in [-0.3, -0.25) is 4.79 Å². The Hall–Kier alpha value is -3.15. The summed E-state index contributed by atoms with van der Waals surface area (Å²) in [6.45, 7) is 1.87. The molecule has 6 nitrogen and oxygen atoms in total. The van der Waals surface area contributed by atoms with Crippen LogP contribution in [0.25, 0.3) is 11.3 Å². The molecule has 2 fully saturated rings. The Bertz CT molecular complexity index is 944. The molecular formula is C23H24N4O2. The first-order valence-electron chi connectivity index (χ1n) is 10.3. The number of amides is 1. The van der Waals surface area contributed by atoms with Crippen molar-refractivity contribution in [3.63, 3.8) is 0 Å². The van der Waals surface area contributed by atoms with E-state index in [1.54, 1.807) is 6.20 Å². The minimum Gasteiger partial charge on any atom is -0.444 e. The molecule has 0 N–H and O–H groups in total. The maximum absolute atomic E-state index is 13.3. The Morgan fingerprint density at radius 3 is 2.38 bits per heavy atom. The molecule has 0 bridgehead atoms. The summed E-state index contributed by atoms with van der Waals surface area (Å²) >= 11 is 0. The number of piperidine rings is 1. The fourth-order valence-electron chi connectivity index (χ4n) is 4.18. The van der Waals surface area contributed by atoms with E-state index < -0.39 is 0 Å². The average molecular weight is 388 g/mol. The van der Waals surface area contributed by atoms with Crippen LogP contribution >= 0.6 is 0 Å². The van der Waals surface area contributed by atoms with Gasteiger partial charge in [-0.1, -0.05) is 18.2 Å². The van der Waals surface area contributed by atoms with Gasteiger partial charge in [0.15, 0.2) is 12.2 Å². The number of hydrogen-bond acceptors (Lipinski definition) is 5. The van der Waals surface area contributed by atoms with E-state index >= 15 is 0 Å². The molecule has 2 aromatic heterocycles. The summed E-state index contributed by atoms with van der Waals surface area (Å²) in [5.41, 5.74) is 1.67. The van der Waals surface area contributed by atoms with Crippen LogP contribution in [0.3, 0.4) is 0 Å². The zero-order chi connectivity index (χ0) is 19.6. The van der Waals surface area contributed by atoms with Crippen LogP contribution in [0.2, 0.25) is 0 Å². The summed E-state index contributed by atoms with van der Waals surface area (Å²) in [5, 5.41) is 0. The smallest absolute Gasteiger partial charge is 0.254 e. The topological polar surface area (TPSA) is 62.5 Å². The standard InChI is InChI=1S/C23H24N4O2/c28-23(18-6-4-17(5-7-18)21-15-24-16-29-21)27(19-8-9-19)20-10-13-26(14-11-20)22-3-1-2-12-25-22/h1-7,12,15-16,19-20H,8-11,13-14H2. The number of carbonyl (C=O) groups is 1. The van der Waals surface area contributed by atoms with E-state index in [2.05, 4.69) is 25.8 Å². The number of anilines is 1. The van der Waals surface area contributed by atoms with E-state index in [1.165, 1.54) is 6.39 Å². The summed E-state index contributed by atoms with van der Waals surface area (Å²) in [4.78, 5) is 26.2. The van der Waals surface area contributed by atoms with Crippen LogP contribution < -0.4 is 4.90 Å². The van der Waals surface area contributed by atoms with Crippen LogP contribution in [0.1, 0.15) is 36.0 Å². The molecule has 0 spiro atoms. The van der Waals surface area contributed by atoms with E-state index in [0.717, 1.165) is 55.7 Å². The van der Waals surface area contributed by atoms with Gasteiger partial charge in [-0.15, -0.1) is 0 Å². The largest absolute Gasteiger partial charge is 0.444 e. The molecular weight excluding hydrogens is 364 g/mol. The van der Waals surface area contributed by atoms with Crippen LogP contribution in [0.5, 0.6) is 0 Å². The van der Waals surface area contributed by atoms with Gasteiger partial charge in [0.05, 0.1) is 6.20 Å². The third kappa shape index (κ3) is 3.75. The fraction of sp³-hybridized carbons (Fsp3) is 0.348. The van der Waals surface area contributed by atoms with E-state index in [-0.39, 0.29) is 5.91 Å². The molecule has 1 saturated carbocycles. The molecule has 1 aliphatic heterocycles. The van der Waals surface area contributed by atoms with Crippen molar-refractivity contribution in [2.45, 2.75) is 37.8 Å². The Morgan fingerprint density at radius 1 is 1.00 bits per heavy atom. The van der Waals surface area contributed by atoms with Crippen molar-refractivity contribution in [2.75, 3.05) is 18.0 Å². The maximum Gasteiger partial charge on any atom is 0.254 e. The number of pyridine rings is 1. The van der Waals surface area contributed by atoms with E-state index in [0.29, 0.717) is 17.8 Å². The summed E-state index contributed by atoms with van der Waals surface area (Å²) in [7, 11) is 0. The van der Waals surface area contributed by atoms with E-state index in [4.69, 9.17) is 4.42 Å². The molecule has 5 rings (SSSR count). The van der Waals surface area contributed by atoms with Crippen LogP contribution in [0.15, 0.2) is 65.7 Å². The Morgan fingerprint density at radius 2 is 1.76 bits per heavy atom. The van der Waals surface area contributed by atoms with Gasteiger partial charge in [-0.05, 0) is 49.9 Å². The number of hydrogen-bond donors (Lipinski definition) is 0. The molecule has 1 amide bonds. The van der Waals surface area contributed by atoms with Crippen molar-refractivity contribution >= 4 is 11.7 Å². The van der Waals surface area contributed by atoms with Gasteiger partial charge in [-0.25, -0.2) is 9.97 Å². The lowest BCUT2D eigenvalue weighted by molar-refractivity contribution is 0.0630. The minimum absolute atomic E-state index is 0.146. The third-order valence-corrected chi connectivity index (χ3v) is 5.85. The summed E-state index contributed by atoms with van der Waals surface area (Å²) in [6, 6.07) is 14.4. The first kappa shape index (κ1) is 17.9. The number of carbonyl (C=O) groups excluding carboxylic acids is 1. The summed E-state index contributed by atoms with van der Waals surface area (Å²) < 4.78 is 5.34. The van der Waals surface area contributed by atoms with E-state index in [1.807, 2.05) is 42.6 Å². The van der Waals surface area contributed by atoms with Crippen LogP contribution in [0, 0.1) is 0 Å². The van der Waals surface area contributed by atoms with E-state index in [9.17, 15) is 4.79 Å². The summed E-state index contributed by atoms with van der Waals surface area (Å²) in [5.74, 6) is 1.89. The third-order valence-electron chi connectivity index (χ3n) is 5.85. The first-order chi connectivity index (χ1) is 14.3. The lowest BCUT2D eigenvalue weighted by Gasteiger charge is -2.39. The normalized spacial score (nSPS) is 17.3. The second-order valence-corrected chi connectivity index (χ2v) is 7.79. The molecule has 0 atom stereocenters. The predicted molar refractivity (Wildman–Crippen MR) is 111 cm³/mol. The minimum atomic E-state index is 0.146. The van der Waals surface area contributed by atoms with Crippen LogP contribution in [-0.2, 0) is 0 Å². The van der Waals surface area contributed by atoms with Gasteiger partial charge in [0.25, 0.3) is 5.91 Å². The van der Waals surface area contributed by atoms with Crippen molar-refractivity contribution in [2.24, 2.45) is 0 Å². The van der Waals surface area contributed by atoms with Crippen molar-refractivity contribution < 1.29 is 9.21 Å². The van der Waals surface area contributed by atoms with Gasteiger partial charge in [0, 0.05) is 42.5 Å². The van der Waals surface area contributed by atoms with Crippen molar-refractivity contribution in [1.29, 1.82) is 0 Å². The zero-order valence-electron chi connectivity index (χ0n) is 16.3. The quantitative estimate of drug-likeness (QED) is 0.661. The highest BCUT2D eigenvalue weighted by molar-refractivity contribution is 5.95. The Kier molecular flexibility index (Phi) is 4.76. The molecule has 29 heavy (non-hydrogen) atoms. The number of rotatable bonds is 5. The van der Waals surface area contributed by atoms with Crippen LogP contribution in [-0.4, -0.2) is 45.9 Å². The van der Waals surface area contributed by atoms with Crippen LogP contribution in [0.4, 0.5) is 5.82 Å². The second kappa shape index (κ2) is 7.70. The number of benzene rings is 1. The molecule has 3 heterocycles. The highest BCUT2D eigenvalue weighted by Gasteiger charge is 2.39. The van der Waals surface area contributed by atoms with Gasteiger partial charge < -0.3 is 14.2 Å². The average Bonchev–Trinajstić information content (AvgIpc) is 3.46. The molecule has 6 heteroatoms. The highest BCUT2D eigenvalue weighted by Crippen LogP contribution is 2.34. The molecule has 1 aliphatic carbocycles. The van der Waals surface area contributed by atoms with Crippen molar-refractivity contribution in [3.8, 4) is 11.3 Å². The van der Waals surface area contributed by atoms with Gasteiger partial charge in [0.2, 0.25) is 0 Å². The predicted octanol–water partition coefficient (Wildman–Crippen LogP) is 4.01. The molecule has 2 aliphatic rings. The molecule has 0 radical (unpaired) electrons. The van der Waals surface area contributed by atoms with Crippen molar-refractivity contribution in [3.05, 3.63) is 66.8 Å². The second-order valence-electron chi connectivity index (χ2n) is 7.79. The van der Waals surface area contributed by atoms with Crippen molar-refractivity contribution in [1.82, 2.24) is 14.9 Å². The molecule has 3 aromatic rings. The lowest BCUT2D eigenvalue weighted by Crippen LogP contribution is -2.48. The molecule has 1 saturated heterocycles. The zero-order valence-corrected chi connectivity index (χ0v) is 16.3. The summed E-state index contributed by atoms with van der Waals surface area (Å²) in [6.07, 6.45) is 9.13. The maximum atomic E-state index is 13.3. The molecule has 0 unspecified atom stereocenters. The fourth-order valence-corrected chi connectivity index (χ4v) is 4.18. The SMILES string of the molecule is O=C(c1ccc(-c2cnco2)cc1)N(C1CC1)C1CCN(c2ccccn2)CC1. The van der Waals surface area contributed by atoms with Gasteiger partial charge >= 0.3 is 0 Å². The number of oxazole rings is 1. The Balaban J connectivity index is 1.29. The number of nitrogens with zero attached hydrogens (tertiary/aromatic N) is 4. The number of aromatic nitrogens is 2. The molecule has 148 valence electrons. The molecule has 1 aromatic carbocycles. The Labute approximate surface area is 170 Å².